The van der Waals surface area contributed by atoms with Gasteiger partial charge in [-0.3, -0.25) is 29.9 Å². The third-order valence-electron chi connectivity index (χ3n) is 21.5. The summed E-state index contributed by atoms with van der Waals surface area (Å²) in [5, 5.41) is 38.0. The maximum atomic E-state index is 11.8. The number of rotatable bonds is 42. The summed E-state index contributed by atoms with van der Waals surface area (Å²) < 4.78 is 332. The van der Waals surface area contributed by atoms with Crippen molar-refractivity contribution in [2.45, 2.75) is 198 Å². The second-order valence-corrected chi connectivity index (χ2v) is 36.4. The van der Waals surface area contributed by atoms with Crippen LogP contribution in [0.4, 0.5) is 0 Å². The van der Waals surface area contributed by atoms with Crippen LogP contribution in [0.15, 0.2) is 0 Å². The van der Waals surface area contributed by atoms with Gasteiger partial charge in [-0.15, -0.1) is 0 Å². The summed E-state index contributed by atoms with van der Waals surface area (Å²) in [6.45, 7) is 11.3. The van der Waals surface area contributed by atoms with E-state index in [-0.39, 0.29) is 51.3 Å². The van der Waals surface area contributed by atoms with E-state index in [2.05, 4.69) is 22.0 Å². The van der Waals surface area contributed by atoms with Crippen molar-refractivity contribution in [3.8, 4) is 0 Å². The molecule has 6 rings (SSSR count). The van der Waals surface area contributed by atoms with Crippen LogP contribution in [0, 0.1) is 71.0 Å². The molecule has 0 aromatic carbocycles. The standard InChI is InChI=1S/C22H39NO15S2.C20H37NO17S3.C20H37NO14S2/c1-6-16-19(23-13(4)24)11(2)14(17(36-16)10-35-39(27,28)29)8-34-9-18-20(38-40(30,31)32)12(3)15(7-33-5)21(37-18)22(25)26;1-5-14-17(21-39(24,25)26)10(2)12(15(36-14)9-35-40(27,28)29)7-34-8-16-18(38-41(30,31)32)11(3)13(6-33-4)19(37-16)20(22)23;1-5-14-17(21)10(2)12(15(33-14)9-32-36(24,25)26)7-31-8-16-18(35-37(27,28)29)11(3)13(6-30-4)19(34-16)20(22)23/h11-12,14-21H,6-10H2,1-5H3,(H,23,24)(H,25,26)(H,27,28,29)(H,30,31,32);10-19,21H,5-9H2,1-4H3,(H,22,23)(H,24,25,26)(H,27,28,29)(H,30,31,32);10-19H,5-9,21H2,1-4H3,(H,22,23)(H,24,25,26)(H,27,28,29)/p-10/t11-,12-,14+,15+,16-,17?,18+,19?,20?,21?;2*10-,11-,12+,13+,14-,15?,16+,17?,18?,19?/m111/s1. The molecule has 6 fully saturated rings. The molecule has 1 amide bonds. The minimum absolute atomic E-state index is 0.135. The van der Waals surface area contributed by atoms with Crippen molar-refractivity contribution in [2.24, 2.45) is 76.7 Å². The van der Waals surface area contributed by atoms with Crippen molar-refractivity contribution >= 4 is 96.5 Å². The van der Waals surface area contributed by atoms with E-state index in [0.717, 1.165) is 0 Å². The van der Waals surface area contributed by atoms with Crippen LogP contribution in [0.1, 0.15) is 88.5 Å². The Morgan fingerprint density at radius 2 is 0.610 bits per heavy atom. The van der Waals surface area contributed by atoms with E-state index in [1.54, 1.807) is 27.7 Å². The molecule has 0 bridgehead atoms. The maximum Gasteiger partial charge on any atom is 0.218 e. The maximum absolute atomic E-state index is 11.8. The van der Waals surface area contributed by atoms with E-state index in [1.165, 1.54) is 55.9 Å². The zero-order chi connectivity index (χ0) is 89.9. The first-order valence-corrected chi connectivity index (χ1v) is 46.0. The Bertz CT molecular complexity index is 4020. The Balaban J connectivity index is 0.000000373. The summed E-state index contributed by atoms with van der Waals surface area (Å²) in [4.78, 5) is 47.0. The van der Waals surface area contributed by atoms with Gasteiger partial charge in [-0.25, -0.2) is 63.6 Å². The van der Waals surface area contributed by atoms with Gasteiger partial charge in [0.2, 0.25) is 68.3 Å². The third-order valence-corrected chi connectivity index (χ3v) is 24.7. The van der Waals surface area contributed by atoms with Crippen LogP contribution in [-0.2, 0) is 174 Å². The summed E-state index contributed by atoms with van der Waals surface area (Å²) in [7, 11) is -32.0. The zero-order valence-electron chi connectivity index (χ0n) is 66.1. The van der Waals surface area contributed by atoms with Gasteiger partial charge in [-0.2, -0.15) is 0 Å². The summed E-state index contributed by atoms with van der Waals surface area (Å²) in [6, 6.07) is -2.06. The van der Waals surface area contributed by atoms with Crippen molar-refractivity contribution in [2.75, 3.05) is 101 Å². The van der Waals surface area contributed by atoms with Gasteiger partial charge in [0.15, 0.2) is 10.3 Å². The van der Waals surface area contributed by atoms with Crippen molar-refractivity contribution in [3.63, 3.8) is 0 Å². The van der Waals surface area contributed by atoms with Crippen LogP contribution >= 0.6 is 0 Å². The molecule has 0 aromatic rings. The molecule has 0 aliphatic carbocycles. The van der Waals surface area contributed by atoms with Gasteiger partial charge >= 0.3 is 0 Å². The van der Waals surface area contributed by atoms with Gasteiger partial charge in [0.05, 0.1) is 140 Å². The zero-order valence-corrected chi connectivity index (χ0v) is 71.9. The van der Waals surface area contributed by atoms with Crippen molar-refractivity contribution in [1.82, 2.24) is 10.0 Å². The molecule has 6 saturated heterocycles. The molecule has 6 aliphatic heterocycles. The molecule has 0 spiro atoms. The minimum atomic E-state index is -5.29. The van der Waals surface area contributed by atoms with E-state index in [9.17, 15) is 125 Å². The SMILES string of the molecule is CC[C@H]1OC(COS(=O)(=O)[O-])[C@@H](COC[C@@H]2OC(C(=O)[O-])[C@@H](COC)[C@@H](C)C2OS(=O)(=O)[O-])[C@@H](C)C1N.CC[C@H]1OC(COS(=O)(=O)[O-])[C@@H](COC[C@@H]2OC(C(=O)[O-])[C@@H](COC)[C@@H](C)C2OS(=O)(=O)[O-])[C@@H](C)C1NC(C)=O.CC[C@H]1OC(COS(=O)(=O)[O-])[C@@H](COC[C@@H]2OC(C(=O)[O-])[C@@H](COC)[C@@H](C)C2OS(=O)(=O)[O-])[C@@H](C)C1NS(=O)(=O)[O-]. The van der Waals surface area contributed by atoms with Crippen LogP contribution < -0.4 is 31.1 Å². The lowest BCUT2D eigenvalue weighted by Crippen LogP contribution is -2.60. The first-order valence-electron chi connectivity index (χ1n) is 36.6. The number of nitrogens with one attached hydrogen (secondary N) is 2. The molecule has 6 heterocycles. The molecule has 694 valence electrons. The lowest BCUT2D eigenvalue weighted by atomic mass is 9.78. The van der Waals surface area contributed by atoms with Gasteiger partial charge in [0.1, 0.15) is 54.9 Å². The third kappa shape index (κ3) is 33.7. The fraction of sp³-hybridized carbons (Fsp3) is 0.935. The molecule has 0 saturated carbocycles. The summed E-state index contributed by atoms with van der Waals surface area (Å²) >= 11 is 0. The summed E-state index contributed by atoms with van der Waals surface area (Å²) in [5.74, 6) is -14.1. The predicted molar refractivity (Wildman–Crippen MR) is 375 cm³/mol. The van der Waals surface area contributed by atoms with Crippen LogP contribution in [0.25, 0.3) is 0 Å². The highest BCUT2D eigenvalue weighted by Crippen LogP contribution is 2.41. The summed E-state index contributed by atoms with van der Waals surface area (Å²) in [5.41, 5.74) is 6.26. The average molecular weight is 1850 g/mol. The number of nitrogens with two attached hydrogens (primary N) is 1. The monoisotopic (exact) mass is 1850 g/mol. The number of carboxylic acids is 3. The number of hydrogen-bond donors (Lipinski definition) is 3. The topological polar surface area (TPSA) is 754 Å². The fourth-order valence-corrected chi connectivity index (χ4v) is 18.9. The lowest BCUT2D eigenvalue weighted by Gasteiger charge is -2.47. The van der Waals surface area contributed by atoms with Crippen LogP contribution in [0.3, 0.4) is 0 Å². The average Bonchev–Trinajstić information content (AvgIpc) is 0.794. The number of amides is 1. The van der Waals surface area contributed by atoms with E-state index in [1.807, 2.05) is 11.6 Å². The smallest absolute Gasteiger partial charge is 0.218 e. The van der Waals surface area contributed by atoms with Gasteiger partial charge in [-0.05, 0) is 54.8 Å². The van der Waals surface area contributed by atoms with E-state index in [4.69, 9.17) is 70.9 Å². The minimum Gasteiger partial charge on any atom is -0.735 e. The molecule has 0 radical (unpaired) electrons. The number of aliphatic carboxylic acids is 3. The summed E-state index contributed by atoms with van der Waals surface area (Å²) in [6.07, 6.45) is -16.8. The van der Waals surface area contributed by atoms with Crippen molar-refractivity contribution in [3.05, 3.63) is 0 Å². The number of ether oxygens (including phenoxy) is 12. The van der Waals surface area contributed by atoms with Crippen LogP contribution in [0.5, 0.6) is 0 Å². The molecule has 56 heteroatoms. The highest BCUT2D eigenvalue weighted by atomic mass is 32.3. The molecule has 30 atom stereocenters. The molecular weight excluding hydrogens is 1750 g/mol. The highest BCUT2D eigenvalue weighted by Gasteiger charge is 2.52. The Kier molecular flexibility index (Phi) is 42.2. The van der Waals surface area contributed by atoms with Gasteiger partial charge in [0, 0.05) is 75.8 Å². The molecule has 0 aromatic heterocycles. The first kappa shape index (κ1) is 107. The van der Waals surface area contributed by atoms with E-state index >= 15 is 0 Å². The van der Waals surface area contributed by atoms with Crippen LogP contribution in [0.2, 0.25) is 0 Å². The predicted octanol–water partition coefficient (Wildman–Crippen LogP) is -8.24. The van der Waals surface area contributed by atoms with E-state index in [0.29, 0.717) is 12.8 Å². The Morgan fingerprint density at radius 3 is 0.856 bits per heavy atom. The Morgan fingerprint density at radius 1 is 0.339 bits per heavy atom. The first-order chi connectivity index (χ1) is 54.3. The molecule has 12 unspecified atom stereocenters. The fourth-order valence-electron chi connectivity index (χ4n) is 15.6. The number of carboxylic acid groups (broad SMARTS) is 3. The molecule has 4 N–H and O–H groups in total. The van der Waals surface area contributed by atoms with Gasteiger partial charge in [0.25, 0.3) is 0 Å². The number of carbonyl (C=O) groups excluding carboxylic acids is 4. The number of carbonyl (C=O) groups is 4. The van der Waals surface area contributed by atoms with E-state index < -0.39 is 312 Å². The van der Waals surface area contributed by atoms with Crippen LogP contribution in [-0.4, -0.2) is 325 Å². The molecular formula is C62H103N3O46S7-10. The second-order valence-electron chi connectivity index (χ2n) is 29.1. The lowest BCUT2D eigenvalue weighted by molar-refractivity contribution is -0.330. The molecule has 6 aliphatic rings. The van der Waals surface area contributed by atoms with Gasteiger partial charge < -0.3 is 129 Å². The van der Waals surface area contributed by atoms with Gasteiger partial charge in [-0.1, -0.05) is 62.3 Å². The highest BCUT2D eigenvalue weighted by molar-refractivity contribution is 7.83. The van der Waals surface area contributed by atoms with Crippen molar-refractivity contribution in [1.29, 1.82) is 0 Å². The molecule has 49 nitrogen and oxygen atoms in total. The number of methoxy groups -OCH3 is 3. The Hall–Kier alpha value is -3.55. The number of hydrogen-bond acceptors (Lipinski definition) is 47. The largest absolute Gasteiger partial charge is 0.735 e. The Labute approximate surface area is 685 Å². The molecule has 118 heavy (non-hydrogen) atoms. The quantitative estimate of drug-likeness (QED) is 0.0377. The second kappa shape index (κ2) is 46.6. The van der Waals surface area contributed by atoms with Crippen molar-refractivity contribution < 1.29 is 207 Å². The normalized spacial score (nSPS) is 35.9.